The van der Waals surface area contributed by atoms with Crippen LogP contribution < -0.4 is 10.2 Å². The van der Waals surface area contributed by atoms with Gasteiger partial charge in [0.1, 0.15) is 6.54 Å². The van der Waals surface area contributed by atoms with Crippen molar-refractivity contribution >= 4 is 22.9 Å². The van der Waals surface area contributed by atoms with E-state index in [9.17, 15) is 4.79 Å². The molecule has 0 spiro atoms. The molecule has 2 N–H and O–H groups in total. The van der Waals surface area contributed by atoms with E-state index in [1.165, 1.54) is 11.3 Å². The van der Waals surface area contributed by atoms with Crippen molar-refractivity contribution in [1.29, 1.82) is 5.26 Å². The third-order valence-electron chi connectivity index (χ3n) is 3.95. The SMILES string of the molecule is COCC[NH+](CC(=O)Nc1cccc(C#N)c1)Cc1nnc(-c2cccs2)o1. The average Bonchev–Trinajstić information content (AvgIpc) is 3.38. The maximum absolute atomic E-state index is 12.4. The fraction of sp³-hybridized carbons (Fsp3) is 0.263. The van der Waals surface area contributed by atoms with Gasteiger partial charge in [0, 0.05) is 12.8 Å². The molecular formula is C19H20N5O3S+. The number of rotatable bonds is 9. The molecule has 3 rings (SSSR count). The summed E-state index contributed by atoms with van der Waals surface area (Å²) in [4.78, 5) is 14.3. The zero-order valence-electron chi connectivity index (χ0n) is 15.3. The molecule has 1 aromatic carbocycles. The Labute approximate surface area is 166 Å². The minimum absolute atomic E-state index is 0.167. The van der Waals surface area contributed by atoms with Gasteiger partial charge >= 0.3 is 0 Å². The number of nitrogens with zero attached hydrogens (tertiary/aromatic N) is 3. The van der Waals surface area contributed by atoms with Crippen LogP contribution in [0.5, 0.6) is 0 Å². The monoisotopic (exact) mass is 398 g/mol. The first-order valence-corrected chi connectivity index (χ1v) is 9.54. The Kier molecular flexibility index (Phi) is 6.86. The second-order valence-corrected chi connectivity index (χ2v) is 7.01. The molecule has 8 nitrogen and oxygen atoms in total. The zero-order chi connectivity index (χ0) is 19.8. The van der Waals surface area contributed by atoms with Gasteiger partial charge in [0.15, 0.2) is 13.1 Å². The molecule has 0 bridgehead atoms. The lowest BCUT2D eigenvalue weighted by Gasteiger charge is -2.17. The van der Waals surface area contributed by atoms with E-state index in [-0.39, 0.29) is 12.5 Å². The van der Waals surface area contributed by atoms with Crippen LogP contribution in [0.4, 0.5) is 5.69 Å². The van der Waals surface area contributed by atoms with Crippen LogP contribution in [0.25, 0.3) is 10.8 Å². The van der Waals surface area contributed by atoms with Gasteiger partial charge in [-0.05, 0) is 29.6 Å². The third kappa shape index (κ3) is 5.47. The van der Waals surface area contributed by atoms with E-state index < -0.39 is 0 Å². The van der Waals surface area contributed by atoms with Crippen molar-refractivity contribution in [1.82, 2.24) is 10.2 Å². The Morgan fingerprint density at radius 1 is 1.36 bits per heavy atom. The highest BCUT2D eigenvalue weighted by molar-refractivity contribution is 7.13. The minimum Gasteiger partial charge on any atom is -0.414 e. The topological polar surface area (TPSA) is 105 Å². The third-order valence-corrected chi connectivity index (χ3v) is 4.80. The van der Waals surface area contributed by atoms with Gasteiger partial charge in [-0.2, -0.15) is 5.26 Å². The number of hydrogen-bond acceptors (Lipinski definition) is 7. The molecule has 0 saturated heterocycles. The van der Waals surface area contributed by atoms with E-state index in [0.717, 1.165) is 9.78 Å². The van der Waals surface area contributed by atoms with Crippen molar-refractivity contribution in [2.75, 3.05) is 32.1 Å². The summed E-state index contributed by atoms with van der Waals surface area (Å²) in [5.41, 5.74) is 1.08. The van der Waals surface area contributed by atoms with E-state index >= 15 is 0 Å². The lowest BCUT2D eigenvalue weighted by atomic mass is 10.2. The fourth-order valence-corrected chi connectivity index (χ4v) is 3.27. The number of quaternary nitrogens is 1. The van der Waals surface area contributed by atoms with Gasteiger partial charge in [0.2, 0.25) is 0 Å². The lowest BCUT2D eigenvalue weighted by Crippen LogP contribution is -3.12. The van der Waals surface area contributed by atoms with Crippen LogP contribution in [0.1, 0.15) is 11.5 Å². The van der Waals surface area contributed by atoms with Crippen LogP contribution in [0, 0.1) is 11.3 Å². The molecule has 0 saturated carbocycles. The van der Waals surface area contributed by atoms with Gasteiger partial charge in [-0.25, -0.2) is 0 Å². The molecule has 1 amide bonds. The van der Waals surface area contributed by atoms with Gasteiger partial charge in [-0.15, -0.1) is 21.5 Å². The number of benzene rings is 1. The first kappa shape index (κ1) is 19.7. The zero-order valence-corrected chi connectivity index (χ0v) is 16.2. The number of nitriles is 1. The van der Waals surface area contributed by atoms with E-state index in [2.05, 4.69) is 21.6 Å². The maximum Gasteiger partial charge on any atom is 0.279 e. The molecule has 2 aromatic heterocycles. The number of carbonyl (C=O) groups excluding carboxylic acids is 1. The van der Waals surface area contributed by atoms with Crippen molar-refractivity contribution in [2.45, 2.75) is 6.54 Å². The molecule has 0 aliphatic carbocycles. The average molecular weight is 398 g/mol. The summed E-state index contributed by atoms with van der Waals surface area (Å²) in [6, 6.07) is 12.7. The molecule has 28 heavy (non-hydrogen) atoms. The standard InChI is InChI=1S/C19H19N5O3S/c1-26-8-7-24(12-17(25)21-15-5-2-4-14(10-15)11-20)13-18-22-23-19(27-18)16-6-3-9-28-16/h2-6,9-10H,7-8,12-13H2,1H3,(H,21,25)/p+1. The van der Waals surface area contributed by atoms with Crippen molar-refractivity contribution in [3.63, 3.8) is 0 Å². The molecule has 0 aliphatic heterocycles. The number of amides is 1. The molecular weight excluding hydrogens is 378 g/mol. The summed E-state index contributed by atoms with van der Waals surface area (Å²) in [6.07, 6.45) is 0. The van der Waals surface area contributed by atoms with Crippen LogP contribution in [0.3, 0.4) is 0 Å². The van der Waals surface area contributed by atoms with Crippen molar-refractivity contribution in [3.8, 4) is 16.8 Å². The van der Waals surface area contributed by atoms with Gasteiger partial charge in [0.05, 0.1) is 23.1 Å². The predicted molar refractivity (Wildman–Crippen MR) is 104 cm³/mol. The number of anilines is 1. The number of methoxy groups -OCH3 is 1. The summed E-state index contributed by atoms with van der Waals surface area (Å²) >= 11 is 1.53. The van der Waals surface area contributed by atoms with Crippen LogP contribution >= 0.6 is 11.3 Å². The molecule has 0 aliphatic rings. The summed E-state index contributed by atoms with van der Waals surface area (Å²) < 4.78 is 10.9. The van der Waals surface area contributed by atoms with Crippen molar-refractivity contribution in [2.24, 2.45) is 0 Å². The van der Waals surface area contributed by atoms with Crippen LogP contribution in [-0.2, 0) is 16.1 Å². The molecule has 1 unspecified atom stereocenters. The minimum atomic E-state index is -0.167. The van der Waals surface area contributed by atoms with E-state index in [1.54, 1.807) is 31.4 Å². The highest BCUT2D eigenvalue weighted by atomic mass is 32.1. The van der Waals surface area contributed by atoms with E-state index in [1.807, 2.05) is 17.5 Å². The Bertz CT molecular complexity index is 949. The Morgan fingerprint density at radius 2 is 2.25 bits per heavy atom. The van der Waals surface area contributed by atoms with E-state index in [4.69, 9.17) is 14.4 Å². The quantitative estimate of drug-likeness (QED) is 0.564. The first-order chi connectivity index (χ1) is 13.7. The van der Waals surface area contributed by atoms with Gasteiger partial charge in [-0.3, -0.25) is 4.79 Å². The highest BCUT2D eigenvalue weighted by Gasteiger charge is 2.19. The Morgan fingerprint density at radius 3 is 3.00 bits per heavy atom. The smallest absolute Gasteiger partial charge is 0.279 e. The molecule has 0 fully saturated rings. The number of thiophene rings is 1. The van der Waals surface area contributed by atoms with Crippen molar-refractivity contribution in [3.05, 3.63) is 53.2 Å². The number of nitrogens with one attached hydrogen (secondary N) is 2. The Hall–Kier alpha value is -3.06. The molecule has 2 heterocycles. The fourth-order valence-electron chi connectivity index (χ4n) is 2.62. The number of carbonyl (C=O) groups is 1. The predicted octanol–water partition coefficient (Wildman–Crippen LogP) is 1.34. The second-order valence-electron chi connectivity index (χ2n) is 6.07. The van der Waals surface area contributed by atoms with Crippen LogP contribution in [-0.4, -0.2) is 42.9 Å². The lowest BCUT2D eigenvalue weighted by molar-refractivity contribution is -0.907. The molecule has 144 valence electrons. The molecule has 0 radical (unpaired) electrons. The Balaban J connectivity index is 1.63. The molecule has 3 aromatic rings. The highest BCUT2D eigenvalue weighted by Crippen LogP contribution is 2.22. The van der Waals surface area contributed by atoms with Gasteiger partial charge in [0.25, 0.3) is 17.7 Å². The number of ether oxygens (including phenoxy) is 1. The summed E-state index contributed by atoms with van der Waals surface area (Å²) in [5, 5.41) is 21.9. The second kappa shape index (κ2) is 9.75. The summed E-state index contributed by atoms with van der Waals surface area (Å²) in [6.45, 7) is 1.72. The first-order valence-electron chi connectivity index (χ1n) is 8.66. The van der Waals surface area contributed by atoms with Crippen LogP contribution in [0.15, 0.2) is 46.2 Å². The van der Waals surface area contributed by atoms with Gasteiger partial charge in [-0.1, -0.05) is 12.1 Å². The summed E-state index contributed by atoms with van der Waals surface area (Å²) in [7, 11) is 1.62. The number of aromatic nitrogens is 2. The van der Waals surface area contributed by atoms with Crippen molar-refractivity contribution < 1.29 is 18.8 Å². The van der Waals surface area contributed by atoms with Gasteiger partial charge < -0.3 is 19.4 Å². The van der Waals surface area contributed by atoms with E-state index in [0.29, 0.717) is 42.7 Å². The number of hydrogen-bond donors (Lipinski definition) is 2. The normalized spacial score (nSPS) is 11.7. The largest absolute Gasteiger partial charge is 0.414 e. The van der Waals surface area contributed by atoms with Crippen LogP contribution in [0.2, 0.25) is 0 Å². The summed E-state index contributed by atoms with van der Waals surface area (Å²) in [5.74, 6) is 0.779. The maximum atomic E-state index is 12.4. The molecule has 9 heteroatoms. The molecule has 1 atom stereocenters.